The minimum Gasteiger partial charge on any atom is -0.381 e. The number of hydrogen-bond acceptors (Lipinski definition) is 5. The monoisotopic (exact) mass is 251 g/mol. The summed E-state index contributed by atoms with van der Waals surface area (Å²) in [5.41, 5.74) is 6.15. The Bertz CT molecular complexity index is 387. The molecular weight excluding hydrogens is 230 g/mol. The Labute approximate surface area is 107 Å². The van der Waals surface area contributed by atoms with Crippen molar-refractivity contribution in [2.45, 2.75) is 56.4 Å². The molecule has 1 aliphatic carbocycles. The van der Waals surface area contributed by atoms with Gasteiger partial charge in [-0.1, -0.05) is 18.0 Å². The molecule has 1 aromatic heterocycles. The Balaban J connectivity index is 1.71. The minimum absolute atomic E-state index is 0.182. The second kappa shape index (κ2) is 5.36. The molecule has 1 aliphatic heterocycles. The maximum absolute atomic E-state index is 6.15. The molecule has 0 radical (unpaired) electrons. The van der Waals surface area contributed by atoms with Crippen LogP contribution in [0.1, 0.15) is 62.1 Å². The van der Waals surface area contributed by atoms with Crippen LogP contribution in [0.4, 0.5) is 0 Å². The van der Waals surface area contributed by atoms with E-state index < -0.39 is 0 Å². The first-order valence-corrected chi connectivity index (χ1v) is 7.01. The predicted octanol–water partition coefficient (Wildman–Crippen LogP) is 1.95. The van der Waals surface area contributed by atoms with E-state index in [0.29, 0.717) is 5.92 Å². The zero-order valence-electron chi connectivity index (χ0n) is 10.7. The molecule has 0 amide bonds. The molecule has 18 heavy (non-hydrogen) atoms. The van der Waals surface area contributed by atoms with Crippen LogP contribution in [0.2, 0.25) is 0 Å². The summed E-state index contributed by atoms with van der Waals surface area (Å²) in [7, 11) is 0. The van der Waals surface area contributed by atoms with Crippen LogP contribution in [0, 0.1) is 0 Å². The molecule has 0 aromatic carbocycles. The molecule has 1 saturated heterocycles. The summed E-state index contributed by atoms with van der Waals surface area (Å²) < 4.78 is 10.8. The summed E-state index contributed by atoms with van der Waals surface area (Å²) in [5, 5.41) is 4.15. The van der Waals surface area contributed by atoms with Crippen molar-refractivity contribution in [3.63, 3.8) is 0 Å². The van der Waals surface area contributed by atoms with Gasteiger partial charge in [0.25, 0.3) is 0 Å². The highest BCUT2D eigenvalue weighted by atomic mass is 16.5. The van der Waals surface area contributed by atoms with Gasteiger partial charge in [0, 0.05) is 25.2 Å². The number of nitrogens with two attached hydrogens (primary N) is 1. The van der Waals surface area contributed by atoms with E-state index in [1.54, 1.807) is 0 Å². The van der Waals surface area contributed by atoms with Crippen molar-refractivity contribution in [3.05, 3.63) is 11.7 Å². The van der Waals surface area contributed by atoms with Gasteiger partial charge in [0.1, 0.15) is 0 Å². The molecule has 3 rings (SSSR count). The molecule has 2 heterocycles. The van der Waals surface area contributed by atoms with Gasteiger partial charge >= 0.3 is 0 Å². The Morgan fingerprint density at radius 1 is 1.06 bits per heavy atom. The average molecular weight is 251 g/mol. The molecule has 5 heteroatoms. The molecule has 2 N–H and O–H groups in total. The maximum atomic E-state index is 6.15. The van der Waals surface area contributed by atoms with Crippen LogP contribution in [0.3, 0.4) is 0 Å². The summed E-state index contributed by atoms with van der Waals surface area (Å²) in [4.78, 5) is 4.59. The fourth-order valence-electron chi connectivity index (χ4n) is 2.99. The van der Waals surface area contributed by atoms with Gasteiger partial charge in [-0.2, -0.15) is 4.98 Å². The molecule has 100 valence electrons. The summed E-state index contributed by atoms with van der Waals surface area (Å²) in [6.45, 7) is 1.61. The zero-order chi connectivity index (χ0) is 12.4. The smallest absolute Gasteiger partial charge is 0.231 e. The molecule has 1 aromatic rings. The normalized spacial score (nSPS) is 30.5. The van der Waals surface area contributed by atoms with Gasteiger partial charge in [-0.05, 0) is 25.7 Å². The van der Waals surface area contributed by atoms with Gasteiger partial charge < -0.3 is 15.0 Å². The van der Waals surface area contributed by atoms with Gasteiger partial charge in [-0.25, -0.2) is 0 Å². The van der Waals surface area contributed by atoms with Crippen molar-refractivity contribution < 1.29 is 9.26 Å². The van der Waals surface area contributed by atoms with Crippen LogP contribution in [-0.2, 0) is 4.74 Å². The van der Waals surface area contributed by atoms with Gasteiger partial charge in [-0.15, -0.1) is 0 Å². The number of ether oxygens (including phenoxy) is 1. The number of hydrogen-bond donors (Lipinski definition) is 1. The van der Waals surface area contributed by atoms with Crippen LogP contribution in [0.15, 0.2) is 4.52 Å². The Morgan fingerprint density at radius 2 is 1.83 bits per heavy atom. The molecular formula is C13H21N3O2. The second-order valence-electron chi connectivity index (χ2n) is 5.43. The van der Waals surface area contributed by atoms with E-state index in [4.69, 9.17) is 15.0 Å². The Hall–Kier alpha value is -0.940. The Kier molecular flexibility index (Phi) is 3.61. The fourth-order valence-corrected chi connectivity index (χ4v) is 2.99. The lowest BCUT2D eigenvalue weighted by Crippen LogP contribution is -2.31. The highest BCUT2D eigenvalue weighted by Crippen LogP contribution is 2.32. The lowest BCUT2D eigenvalue weighted by molar-refractivity contribution is 0.0830. The lowest BCUT2D eigenvalue weighted by atomic mass is 9.85. The molecule has 2 unspecified atom stereocenters. The third kappa shape index (κ3) is 2.42. The van der Waals surface area contributed by atoms with Crippen LogP contribution in [-0.4, -0.2) is 29.4 Å². The predicted molar refractivity (Wildman–Crippen MR) is 66.3 cm³/mol. The summed E-state index contributed by atoms with van der Waals surface area (Å²) in [6, 6.07) is 0.182. The van der Waals surface area contributed by atoms with E-state index in [0.717, 1.165) is 50.6 Å². The van der Waals surface area contributed by atoms with Crippen LogP contribution >= 0.6 is 0 Å². The highest BCUT2D eigenvalue weighted by Gasteiger charge is 2.30. The molecule has 2 fully saturated rings. The molecule has 2 atom stereocenters. The maximum Gasteiger partial charge on any atom is 0.231 e. The average Bonchev–Trinajstić information content (AvgIpc) is 2.90. The molecule has 5 nitrogen and oxygen atoms in total. The van der Waals surface area contributed by atoms with E-state index >= 15 is 0 Å². The van der Waals surface area contributed by atoms with Crippen LogP contribution < -0.4 is 5.73 Å². The van der Waals surface area contributed by atoms with Gasteiger partial charge in [0.2, 0.25) is 5.89 Å². The van der Waals surface area contributed by atoms with E-state index in [2.05, 4.69) is 10.1 Å². The van der Waals surface area contributed by atoms with Crippen molar-refractivity contribution in [2.75, 3.05) is 13.2 Å². The first kappa shape index (κ1) is 12.1. The van der Waals surface area contributed by atoms with Crippen molar-refractivity contribution in [3.8, 4) is 0 Å². The minimum atomic E-state index is 0.182. The van der Waals surface area contributed by atoms with Crippen molar-refractivity contribution >= 4 is 0 Å². The highest BCUT2D eigenvalue weighted by molar-refractivity contribution is 5.03. The Morgan fingerprint density at radius 3 is 2.61 bits per heavy atom. The van der Waals surface area contributed by atoms with Crippen molar-refractivity contribution in [1.82, 2.24) is 10.1 Å². The topological polar surface area (TPSA) is 74.2 Å². The quantitative estimate of drug-likeness (QED) is 0.869. The summed E-state index contributed by atoms with van der Waals surface area (Å²) in [5.74, 6) is 2.27. The van der Waals surface area contributed by atoms with E-state index in [-0.39, 0.29) is 12.0 Å². The van der Waals surface area contributed by atoms with Crippen LogP contribution in [0.5, 0.6) is 0 Å². The first-order chi connectivity index (χ1) is 8.84. The van der Waals surface area contributed by atoms with Crippen LogP contribution in [0.25, 0.3) is 0 Å². The molecule has 0 spiro atoms. The SMILES string of the molecule is NC1CCCCC1c1nc(C2CCOCC2)no1. The first-order valence-electron chi connectivity index (χ1n) is 7.01. The molecule has 0 bridgehead atoms. The molecule has 2 aliphatic rings. The van der Waals surface area contributed by atoms with E-state index in [1.165, 1.54) is 12.8 Å². The fraction of sp³-hybridized carbons (Fsp3) is 0.846. The van der Waals surface area contributed by atoms with Gasteiger partial charge in [0.15, 0.2) is 5.82 Å². The third-order valence-electron chi connectivity index (χ3n) is 4.18. The zero-order valence-corrected chi connectivity index (χ0v) is 10.7. The largest absolute Gasteiger partial charge is 0.381 e. The number of rotatable bonds is 2. The third-order valence-corrected chi connectivity index (χ3v) is 4.18. The van der Waals surface area contributed by atoms with Crippen molar-refractivity contribution in [2.24, 2.45) is 5.73 Å². The van der Waals surface area contributed by atoms with Gasteiger partial charge in [0.05, 0.1) is 5.92 Å². The van der Waals surface area contributed by atoms with Crippen molar-refractivity contribution in [1.29, 1.82) is 0 Å². The van der Waals surface area contributed by atoms with E-state index in [1.807, 2.05) is 0 Å². The molecule has 1 saturated carbocycles. The van der Waals surface area contributed by atoms with Gasteiger partial charge in [-0.3, -0.25) is 0 Å². The van der Waals surface area contributed by atoms with E-state index in [9.17, 15) is 0 Å². The second-order valence-corrected chi connectivity index (χ2v) is 5.43. The number of aromatic nitrogens is 2. The summed E-state index contributed by atoms with van der Waals surface area (Å²) in [6.07, 6.45) is 6.58. The standard InChI is InChI=1S/C13H21N3O2/c14-11-4-2-1-3-10(11)13-15-12(16-18-13)9-5-7-17-8-6-9/h9-11H,1-8,14H2. The lowest BCUT2D eigenvalue weighted by Gasteiger charge is -2.25. The summed E-state index contributed by atoms with van der Waals surface area (Å²) >= 11 is 0. The number of nitrogens with zero attached hydrogens (tertiary/aromatic N) is 2.